The van der Waals surface area contributed by atoms with E-state index in [0.717, 1.165) is 36.6 Å². The summed E-state index contributed by atoms with van der Waals surface area (Å²) >= 11 is 0. The lowest BCUT2D eigenvalue weighted by Gasteiger charge is -2.34. The van der Waals surface area contributed by atoms with Gasteiger partial charge >= 0.3 is 0 Å². The molecule has 1 saturated heterocycles. The number of aliphatic hydroxyl groups excluding tert-OH is 1. The molecule has 4 nitrogen and oxygen atoms in total. The van der Waals surface area contributed by atoms with Crippen molar-refractivity contribution in [1.82, 2.24) is 0 Å². The number of anilines is 2. The van der Waals surface area contributed by atoms with Crippen molar-refractivity contribution in [3.8, 4) is 5.75 Å². The van der Waals surface area contributed by atoms with Crippen molar-refractivity contribution >= 4 is 11.4 Å². The Bertz CT molecular complexity index is 407. The molecule has 0 bridgehead atoms. The van der Waals surface area contributed by atoms with Crippen LogP contribution in [0.1, 0.15) is 26.2 Å². The Kier molecular flexibility index (Phi) is 4.91. The summed E-state index contributed by atoms with van der Waals surface area (Å²) in [4.78, 5) is 2.35. The molecule has 0 amide bonds. The molecule has 1 aromatic rings. The third kappa shape index (κ3) is 3.77. The van der Waals surface area contributed by atoms with Gasteiger partial charge in [0.25, 0.3) is 0 Å². The standard InChI is InChI=1S/C15H24N2O2/c1-2-19-15-9-13(16)8-14(10-15)17-6-3-4-12(11-17)5-7-18/h8-10,12,18H,2-7,11,16H2,1H3. The summed E-state index contributed by atoms with van der Waals surface area (Å²) in [5.74, 6) is 1.41. The number of nitrogens with zero attached hydrogens (tertiary/aromatic N) is 1. The third-order valence-corrected chi connectivity index (χ3v) is 3.65. The zero-order chi connectivity index (χ0) is 13.7. The van der Waals surface area contributed by atoms with Gasteiger partial charge in [-0.15, -0.1) is 0 Å². The highest BCUT2D eigenvalue weighted by molar-refractivity contribution is 5.60. The van der Waals surface area contributed by atoms with Gasteiger partial charge in [0.15, 0.2) is 0 Å². The lowest BCUT2D eigenvalue weighted by atomic mass is 9.95. The molecule has 0 saturated carbocycles. The zero-order valence-corrected chi connectivity index (χ0v) is 11.6. The van der Waals surface area contributed by atoms with E-state index in [2.05, 4.69) is 11.0 Å². The molecule has 0 aromatic heterocycles. The first-order valence-corrected chi connectivity index (χ1v) is 7.12. The van der Waals surface area contributed by atoms with Gasteiger partial charge in [0.1, 0.15) is 5.75 Å². The number of hydrogen-bond acceptors (Lipinski definition) is 4. The number of piperidine rings is 1. The van der Waals surface area contributed by atoms with E-state index in [-0.39, 0.29) is 6.61 Å². The fourth-order valence-corrected chi connectivity index (χ4v) is 2.76. The number of hydrogen-bond donors (Lipinski definition) is 2. The van der Waals surface area contributed by atoms with Crippen LogP contribution in [0.5, 0.6) is 5.75 Å². The Hall–Kier alpha value is -1.42. The number of ether oxygens (including phenoxy) is 1. The lowest BCUT2D eigenvalue weighted by molar-refractivity contribution is 0.244. The summed E-state index contributed by atoms with van der Waals surface area (Å²) in [5, 5.41) is 9.08. The summed E-state index contributed by atoms with van der Waals surface area (Å²) < 4.78 is 5.55. The average Bonchev–Trinajstić information content (AvgIpc) is 2.39. The van der Waals surface area contributed by atoms with E-state index in [4.69, 9.17) is 15.6 Å². The molecule has 1 aliphatic heterocycles. The molecule has 1 heterocycles. The summed E-state index contributed by atoms with van der Waals surface area (Å²) in [5.41, 5.74) is 7.81. The number of rotatable bonds is 5. The molecule has 0 aliphatic carbocycles. The molecule has 0 spiro atoms. The molecule has 1 atom stereocenters. The predicted octanol–water partition coefficient (Wildman–Crippen LogP) is 2.27. The molecule has 19 heavy (non-hydrogen) atoms. The molecule has 3 N–H and O–H groups in total. The minimum Gasteiger partial charge on any atom is -0.494 e. The molecule has 1 aliphatic rings. The Balaban J connectivity index is 2.11. The largest absolute Gasteiger partial charge is 0.494 e. The quantitative estimate of drug-likeness (QED) is 0.801. The first-order valence-electron chi connectivity index (χ1n) is 7.12. The molecular weight excluding hydrogens is 240 g/mol. The van der Waals surface area contributed by atoms with Gasteiger partial charge < -0.3 is 20.5 Å². The van der Waals surface area contributed by atoms with Crippen molar-refractivity contribution in [2.45, 2.75) is 26.2 Å². The van der Waals surface area contributed by atoms with Crippen molar-refractivity contribution in [2.75, 3.05) is 36.9 Å². The minimum atomic E-state index is 0.277. The topological polar surface area (TPSA) is 58.7 Å². The van der Waals surface area contributed by atoms with Crippen molar-refractivity contribution < 1.29 is 9.84 Å². The van der Waals surface area contributed by atoms with Crippen molar-refractivity contribution in [1.29, 1.82) is 0 Å². The van der Waals surface area contributed by atoms with Crippen LogP contribution < -0.4 is 15.4 Å². The number of benzene rings is 1. The van der Waals surface area contributed by atoms with E-state index in [9.17, 15) is 0 Å². The second kappa shape index (κ2) is 6.66. The minimum absolute atomic E-state index is 0.277. The Labute approximate surface area is 115 Å². The van der Waals surface area contributed by atoms with Gasteiger partial charge in [-0.3, -0.25) is 0 Å². The van der Waals surface area contributed by atoms with Crippen LogP contribution in [0, 0.1) is 5.92 Å². The van der Waals surface area contributed by atoms with E-state index in [1.165, 1.54) is 12.8 Å². The van der Waals surface area contributed by atoms with E-state index < -0.39 is 0 Å². The van der Waals surface area contributed by atoms with Crippen molar-refractivity contribution in [3.63, 3.8) is 0 Å². The van der Waals surface area contributed by atoms with Gasteiger partial charge in [0, 0.05) is 43.2 Å². The molecule has 1 aromatic carbocycles. The molecule has 1 unspecified atom stereocenters. The summed E-state index contributed by atoms with van der Waals surface area (Å²) in [6, 6.07) is 5.92. The second-order valence-corrected chi connectivity index (χ2v) is 5.16. The predicted molar refractivity (Wildman–Crippen MR) is 78.7 cm³/mol. The first-order chi connectivity index (χ1) is 9.22. The third-order valence-electron chi connectivity index (χ3n) is 3.65. The average molecular weight is 264 g/mol. The van der Waals surface area contributed by atoms with Gasteiger partial charge in [-0.25, -0.2) is 0 Å². The van der Waals surface area contributed by atoms with Crippen LogP contribution in [0.3, 0.4) is 0 Å². The van der Waals surface area contributed by atoms with Gasteiger partial charge in [-0.05, 0) is 38.2 Å². The normalized spacial score (nSPS) is 19.5. The Morgan fingerprint density at radius 2 is 2.26 bits per heavy atom. The summed E-state index contributed by atoms with van der Waals surface area (Å²) in [6.07, 6.45) is 3.26. The van der Waals surface area contributed by atoms with E-state index in [0.29, 0.717) is 12.5 Å². The Morgan fingerprint density at radius 1 is 1.42 bits per heavy atom. The molecule has 1 fully saturated rings. The van der Waals surface area contributed by atoms with Gasteiger partial charge in [-0.1, -0.05) is 0 Å². The first kappa shape index (κ1) is 14.0. The van der Waals surface area contributed by atoms with Crippen LogP contribution in [0.25, 0.3) is 0 Å². The molecular formula is C15H24N2O2. The fourth-order valence-electron chi connectivity index (χ4n) is 2.76. The fraction of sp³-hybridized carbons (Fsp3) is 0.600. The second-order valence-electron chi connectivity index (χ2n) is 5.16. The number of nitrogen functional groups attached to an aromatic ring is 1. The lowest BCUT2D eigenvalue weighted by Crippen LogP contribution is -2.35. The maximum atomic E-state index is 9.08. The molecule has 2 rings (SSSR count). The summed E-state index contributed by atoms with van der Waals surface area (Å²) in [6.45, 7) is 4.95. The van der Waals surface area contributed by atoms with Crippen molar-refractivity contribution in [2.24, 2.45) is 5.92 Å². The SMILES string of the molecule is CCOc1cc(N)cc(N2CCCC(CCO)C2)c1. The number of nitrogens with two attached hydrogens (primary N) is 1. The van der Waals surface area contributed by atoms with E-state index >= 15 is 0 Å². The smallest absolute Gasteiger partial charge is 0.123 e. The van der Waals surface area contributed by atoms with Crippen LogP contribution in [0.2, 0.25) is 0 Å². The van der Waals surface area contributed by atoms with E-state index in [1.807, 2.05) is 19.1 Å². The summed E-state index contributed by atoms with van der Waals surface area (Å²) in [7, 11) is 0. The maximum absolute atomic E-state index is 9.08. The van der Waals surface area contributed by atoms with Gasteiger partial charge in [-0.2, -0.15) is 0 Å². The van der Waals surface area contributed by atoms with Gasteiger partial charge in [0.2, 0.25) is 0 Å². The highest BCUT2D eigenvalue weighted by Crippen LogP contribution is 2.29. The monoisotopic (exact) mass is 264 g/mol. The molecule has 4 heteroatoms. The van der Waals surface area contributed by atoms with Crippen LogP contribution in [0.4, 0.5) is 11.4 Å². The molecule has 106 valence electrons. The highest BCUT2D eigenvalue weighted by atomic mass is 16.5. The highest BCUT2D eigenvalue weighted by Gasteiger charge is 2.20. The van der Waals surface area contributed by atoms with Gasteiger partial charge in [0.05, 0.1) is 6.61 Å². The van der Waals surface area contributed by atoms with E-state index in [1.54, 1.807) is 0 Å². The van der Waals surface area contributed by atoms with Crippen LogP contribution in [0.15, 0.2) is 18.2 Å². The zero-order valence-electron chi connectivity index (χ0n) is 11.6. The molecule has 0 radical (unpaired) electrons. The van der Waals surface area contributed by atoms with Crippen LogP contribution in [-0.2, 0) is 0 Å². The maximum Gasteiger partial charge on any atom is 0.123 e. The van der Waals surface area contributed by atoms with Crippen LogP contribution >= 0.6 is 0 Å². The Morgan fingerprint density at radius 3 is 3.00 bits per heavy atom. The van der Waals surface area contributed by atoms with Crippen LogP contribution in [-0.4, -0.2) is 31.4 Å². The number of aliphatic hydroxyl groups is 1. The van der Waals surface area contributed by atoms with Crippen molar-refractivity contribution in [3.05, 3.63) is 18.2 Å².